The number of alkyl halides is 3. The number of ether oxygens (including phenoxy) is 3. The van der Waals surface area contributed by atoms with E-state index in [9.17, 15) is 22.5 Å². The van der Waals surface area contributed by atoms with E-state index in [1.54, 1.807) is 18.2 Å². The maximum absolute atomic E-state index is 13.5. The summed E-state index contributed by atoms with van der Waals surface area (Å²) in [6, 6.07) is 10.3. The highest BCUT2D eigenvalue weighted by atomic mass is 32.2. The molecule has 0 saturated heterocycles. The van der Waals surface area contributed by atoms with Gasteiger partial charge in [-0.25, -0.2) is 4.98 Å². The Bertz CT molecular complexity index is 1440. The van der Waals surface area contributed by atoms with E-state index < -0.39 is 28.8 Å². The molecule has 0 spiro atoms. The topological polar surface area (TPSA) is 98.5 Å². The SMILES string of the molecule is COc1ccc(Cn2c(-c3ccccc3OC(F)(F)F)nc3sc([S+](C)[O-])nc3c2=O)c(OC)c1. The highest BCUT2D eigenvalue weighted by Crippen LogP contribution is 2.35. The largest absolute Gasteiger partial charge is 0.610 e. The molecule has 35 heavy (non-hydrogen) atoms. The lowest BCUT2D eigenvalue weighted by atomic mass is 10.1. The Hall–Kier alpha value is -3.29. The number of benzene rings is 2. The third kappa shape index (κ3) is 5.21. The molecule has 13 heteroatoms. The first kappa shape index (κ1) is 24.8. The summed E-state index contributed by atoms with van der Waals surface area (Å²) in [5.74, 6) is 0.323. The standard InChI is InChI=1S/C22H18F3N3O5S2/c1-31-13-9-8-12(16(10-13)32-2)11-28-18(14-6-4-5-7-15(14)33-22(23,24)25)27-19-17(20(28)29)26-21(34-19)35(3)30/h4-10H,11H2,1-3H3. The summed E-state index contributed by atoms with van der Waals surface area (Å²) >= 11 is -0.545. The minimum Gasteiger partial charge on any atom is -0.610 e. The second kappa shape index (κ2) is 9.76. The smallest absolute Gasteiger partial charge is 0.573 e. The molecule has 184 valence electrons. The van der Waals surface area contributed by atoms with Crippen LogP contribution in [0, 0.1) is 0 Å². The maximum atomic E-state index is 13.5. The van der Waals surface area contributed by atoms with Crippen LogP contribution in [0.15, 0.2) is 51.6 Å². The van der Waals surface area contributed by atoms with Crippen molar-refractivity contribution in [3.63, 3.8) is 0 Å². The fourth-order valence-electron chi connectivity index (χ4n) is 3.38. The zero-order valence-electron chi connectivity index (χ0n) is 18.6. The van der Waals surface area contributed by atoms with Crippen LogP contribution in [-0.2, 0) is 17.7 Å². The Morgan fingerprint density at radius 2 is 1.83 bits per heavy atom. The normalized spacial score (nSPS) is 12.5. The van der Waals surface area contributed by atoms with Gasteiger partial charge in [-0.2, -0.15) is 4.98 Å². The molecule has 0 fully saturated rings. The van der Waals surface area contributed by atoms with Crippen LogP contribution < -0.4 is 19.8 Å². The highest BCUT2D eigenvalue weighted by Gasteiger charge is 2.33. The third-order valence-electron chi connectivity index (χ3n) is 4.92. The molecule has 0 saturated carbocycles. The van der Waals surface area contributed by atoms with Gasteiger partial charge in [0.1, 0.15) is 29.3 Å². The molecule has 0 aliphatic rings. The number of fused-ring (bicyclic) bond motifs is 1. The van der Waals surface area contributed by atoms with Crippen molar-refractivity contribution >= 4 is 32.9 Å². The van der Waals surface area contributed by atoms with Gasteiger partial charge in [0.2, 0.25) is 0 Å². The van der Waals surface area contributed by atoms with Crippen molar-refractivity contribution in [2.75, 3.05) is 20.5 Å². The summed E-state index contributed by atoms with van der Waals surface area (Å²) in [6.45, 7) is -0.104. The van der Waals surface area contributed by atoms with Crippen molar-refractivity contribution in [3.05, 3.63) is 58.4 Å². The Morgan fingerprint density at radius 1 is 1.09 bits per heavy atom. The fourth-order valence-corrected chi connectivity index (χ4v) is 4.97. The molecule has 2 heterocycles. The zero-order chi connectivity index (χ0) is 25.3. The van der Waals surface area contributed by atoms with E-state index in [-0.39, 0.29) is 32.6 Å². The molecular formula is C22H18F3N3O5S2. The van der Waals surface area contributed by atoms with Crippen molar-refractivity contribution in [2.24, 2.45) is 0 Å². The quantitative estimate of drug-likeness (QED) is 0.333. The first-order chi connectivity index (χ1) is 16.6. The number of para-hydroxylation sites is 1. The monoisotopic (exact) mass is 525 g/mol. The molecule has 0 N–H and O–H groups in total. The molecular weight excluding hydrogens is 507 g/mol. The van der Waals surface area contributed by atoms with Gasteiger partial charge >= 0.3 is 10.7 Å². The van der Waals surface area contributed by atoms with Crippen LogP contribution in [0.25, 0.3) is 21.7 Å². The van der Waals surface area contributed by atoms with E-state index in [4.69, 9.17) is 9.47 Å². The number of nitrogens with zero attached hydrogens (tertiary/aromatic N) is 3. The van der Waals surface area contributed by atoms with Crippen LogP contribution in [0.3, 0.4) is 0 Å². The molecule has 2 aromatic carbocycles. The average molecular weight is 526 g/mol. The average Bonchev–Trinajstić information content (AvgIpc) is 3.25. The molecule has 1 atom stereocenters. The van der Waals surface area contributed by atoms with Crippen molar-refractivity contribution in [1.29, 1.82) is 0 Å². The number of methoxy groups -OCH3 is 2. The minimum atomic E-state index is -4.96. The summed E-state index contributed by atoms with van der Waals surface area (Å²) < 4.78 is 67.4. The number of rotatable bonds is 7. The van der Waals surface area contributed by atoms with E-state index >= 15 is 0 Å². The van der Waals surface area contributed by atoms with Gasteiger partial charge in [0.25, 0.3) is 5.56 Å². The van der Waals surface area contributed by atoms with Gasteiger partial charge in [0, 0.05) is 22.8 Å². The molecule has 1 unspecified atom stereocenters. The van der Waals surface area contributed by atoms with E-state index in [0.717, 1.165) is 17.4 Å². The fraction of sp³-hybridized carbons (Fsp3) is 0.227. The Balaban J connectivity index is 1.97. The van der Waals surface area contributed by atoms with Crippen LogP contribution in [0.2, 0.25) is 0 Å². The van der Waals surface area contributed by atoms with Gasteiger partial charge in [0.05, 0.1) is 26.3 Å². The molecule has 0 amide bonds. The number of thiazole rings is 1. The number of hydrogen-bond acceptors (Lipinski definition) is 8. The van der Waals surface area contributed by atoms with E-state index in [1.165, 1.54) is 43.2 Å². The summed E-state index contributed by atoms with van der Waals surface area (Å²) in [5, 5.41) is 0. The molecule has 8 nitrogen and oxygen atoms in total. The summed E-state index contributed by atoms with van der Waals surface area (Å²) in [5.41, 5.74) is -0.159. The van der Waals surface area contributed by atoms with Gasteiger partial charge < -0.3 is 18.8 Å². The van der Waals surface area contributed by atoms with Gasteiger partial charge in [-0.05, 0) is 35.6 Å². The van der Waals surface area contributed by atoms with Gasteiger partial charge in [-0.1, -0.05) is 12.1 Å². The zero-order valence-corrected chi connectivity index (χ0v) is 20.2. The predicted octanol–water partition coefficient (Wildman–Crippen LogP) is 4.22. The van der Waals surface area contributed by atoms with Crippen LogP contribution in [0.4, 0.5) is 13.2 Å². The first-order valence-corrected chi connectivity index (χ1v) is 12.3. The van der Waals surface area contributed by atoms with Crippen LogP contribution in [0.1, 0.15) is 5.56 Å². The summed E-state index contributed by atoms with van der Waals surface area (Å²) in [7, 11) is 2.93. The second-order valence-corrected chi connectivity index (χ2v) is 9.67. The maximum Gasteiger partial charge on any atom is 0.573 e. The second-order valence-electron chi connectivity index (χ2n) is 7.14. The van der Waals surface area contributed by atoms with Crippen molar-refractivity contribution in [3.8, 4) is 28.6 Å². The molecule has 4 aromatic rings. The van der Waals surface area contributed by atoms with Gasteiger partial charge in [0.15, 0.2) is 10.3 Å². The Kier molecular flexibility index (Phi) is 6.92. The molecule has 0 aliphatic heterocycles. The van der Waals surface area contributed by atoms with Crippen molar-refractivity contribution in [2.45, 2.75) is 17.2 Å². The van der Waals surface area contributed by atoms with E-state index in [1.807, 2.05) is 0 Å². The third-order valence-corrected chi connectivity index (χ3v) is 7.20. The lowest BCUT2D eigenvalue weighted by Gasteiger charge is -2.17. The van der Waals surface area contributed by atoms with Crippen LogP contribution >= 0.6 is 11.3 Å². The number of halogens is 3. The highest BCUT2D eigenvalue weighted by molar-refractivity contribution is 7.92. The Labute approximate surface area is 204 Å². The van der Waals surface area contributed by atoms with Crippen LogP contribution in [-0.4, -0.2) is 45.9 Å². The predicted molar refractivity (Wildman–Crippen MR) is 125 cm³/mol. The van der Waals surface area contributed by atoms with Crippen molar-refractivity contribution < 1.29 is 31.9 Å². The summed E-state index contributed by atoms with van der Waals surface area (Å²) in [4.78, 5) is 22.3. The minimum absolute atomic E-state index is 0.0364. The summed E-state index contributed by atoms with van der Waals surface area (Å²) in [6.07, 6.45) is -3.55. The first-order valence-electron chi connectivity index (χ1n) is 9.92. The molecule has 0 aliphatic carbocycles. The molecule has 4 rings (SSSR count). The number of aromatic nitrogens is 3. The van der Waals surface area contributed by atoms with E-state index in [0.29, 0.717) is 17.1 Å². The van der Waals surface area contributed by atoms with Gasteiger partial charge in [-0.15, -0.1) is 13.2 Å². The van der Waals surface area contributed by atoms with Gasteiger partial charge in [-0.3, -0.25) is 9.36 Å². The van der Waals surface area contributed by atoms with Crippen LogP contribution in [0.5, 0.6) is 17.2 Å². The van der Waals surface area contributed by atoms with Crippen molar-refractivity contribution in [1.82, 2.24) is 14.5 Å². The molecule has 0 bridgehead atoms. The number of hydrogen-bond donors (Lipinski definition) is 0. The Morgan fingerprint density at radius 3 is 2.49 bits per heavy atom. The van der Waals surface area contributed by atoms with E-state index in [2.05, 4.69) is 14.7 Å². The lowest BCUT2D eigenvalue weighted by Crippen LogP contribution is -2.25. The molecule has 0 radical (unpaired) electrons. The molecule has 2 aromatic heterocycles. The lowest BCUT2D eigenvalue weighted by molar-refractivity contribution is -0.274.